The minimum Gasteiger partial charge on any atom is -0.488 e. The molecule has 0 aliphatic carbocycles. The molecule has 5 heteroatoms. The van der Waals surface area contributed by atoms with Crippen molar-refractivity contribution in [2.75, 3.05) is 0 Å². The topological polar surface area (TPSA) is 41.5 Å². The van der Waals surface area contributed by atoms with Crippen LogP contribution in [0.5, 0.6) is 5.75 Å². The highest BCUT2D eigenvalue weighted by atomic mass is 35.5. The third-order valence-corrected chi connectivity index (χ3v) is 4.98. The lowest BCUT2D eigenvalue weighted by Gasteiger charge is -2.20. The second-order valence-electron chi connectivity index (χ2n) is 6.04. The first kappa shape index (κ1) is 20.5. The number of hydrogen-bond donors (Lipinski definition) is 2. The van der Waals surface area contributed by atoms with Gasteiger partial charge in [-0.1, -0.05) is 48.5 Å². The van der Waals surface area contributed by atoms with Crippen molar-refractivity contribution in [3.05, 3.63) is 88.1 Å². The van der Waals surface area contributed by atoms with E-state index in [0.717, 1.165) is 16.9 Å². The summed E-state index contributed by atoms with van der Waals surface area (Å²) in [5.41, 5.74) is 2.09. The molecule has 0 amide bonds. The van der Waals surface area contributed by atoms with Crippen LogP contribution in [0, 0.1) is 0 Å². The maximum Gasteiger partial charge on any atom is 0.122 e. The zero-order valence-corrected chi connectivity index (χ0v) is 16.3. The van der Waals surface area contributed by atoms with Gasteiger partial charge in [-0.2, -0.15) is 0 Å². The monoisotopic (exact) mass is 389 g/mol. The van der Waals surface area contributed by atoms with E-state index < -0.39 is 6.10 Å². The van der Waals surface area contributed by atoms with Gasteiger partial charge in [-0.25, -0.2) is 0 Å². The van der Waals surface area contributed by atoms with E-state index in [1.54, 1.807) is 11.3 Å². The van der Waals surface area contributed by atoms with Crippen LogP contribution in [0.3, 0.4) is 0 Å². The zero-order valence-electron chi connectivity index (χ0n) is 14.7. The third-order valence-electron chi connectivity index (χ3n) is 4.13. The molecule has 3 rings (SSSR count). The molecule has 26 heavy (non-hydrogen) atoms. The van der Waals surface area contributed by atoms with Gasteiger partial charge in [0, 0.05) is 17.5 Å². The molecule has 2 atom stereocenters. The zero-order chi connectivity index (χ0) is 17.5. The molecule has 0 spiro atoms. The minimum absolute atomic E-state index is 0. The first-order valence-corrected chi connectivity index (χ1v) is 9.31. The standard InChI is InChI=1S/C21H23NO2S.ClH/c1-16(21(23)18-6-3-2-4-7-18)22-14-17-9-11-19(12-10-17)24-15-20-8-5-13-25-20;/h2-13,16,21-23H,14-15H2,1H3;1H. The van der Waals surface area contributed by atoms with E-state index in [-0.39, 0.29) is 18.4 Å². The van der Waals surface area contributed by atoms with Crippen molar-refractivity contribution < 1.29 is 9.84 Å². The maximum atomic E-state index is 10.4. The maximum absolute atomic E-state index is 10.4. The largest absolute Gasteiger partial charge is 0.488 e. The Kier molecular flexibility index (Phi) is 8.13. The number of aliphatic hydroxyl groups is 1. The smallest absolute Gasteiger partial charge is 0.122 e. The SMILES string of the molecule is CC(NCc1ccc(OCc2cccs2)cc1)C(O)c1ccccc1.Cl. The predicted molar refractivity (Wildman–Crippen MR) is 110 cm³/mol. The van der Waals surface area contributed by atoms with Gasteiger partial charge in [0.05, 0.1) is 6.10 Å². The third kappa shape index (κ3) is 5.85. The number of rotatable bonds is 8. The molecule has 138 valence electrons. The molecule has 2 aromatic carbocycles. The fraction of sp³-hybridized carbons (Fsp3) is 0.238. The molecule has 3 nitrogen and oxygen atoms in total. The Balaban J connectivity index is 0.00000243. The van der Waals surface area contributed by atoms with Gasteiger partial charge in [-0.05, 0) is 41.6 Å². The van der Waals surface area contributed by atoms with Crippen molar-refractivity contribution in [1.82, 2.24) is 5.32 Å². The van der Waals surface area contributed by atoms with Gasteiger partial charge in [0.1, 0.15) is 12.4 Å². The lowest BCUT2D eigenvalue weighted by atomic mass is 10.0. The van der Waals surface area contributed by atoms with Gasteiger partial charge >= 0.3 is 0 Å². The normalized spacial score (nSPS) is 12.8. The summed E-state index contributed by atoms with van der Waals surface area (Å²) in [6.45, 7) is 3.31. The second-order valence-corrected chi connectivity index (χ2v) is 7.07. The van der Waals surface area contributed by atoms with Crippen LogP contribution in [-0.4, -0.2) is 11.1 Å². The fourth-order valence-corrected chi connectivity index (χ4v) is 3.20. The summed E-state index contributed by atoms with van der Waals surface area (Å²) >= 11 is 1.70. The van der Waals surface area contributed by atoms with Crippen molar-refractivity contribution in [3.8, 4) is 5.75 Å². The Hall–Kier alpha value is -1.85. The van der Waals surface area contributed by atoms with Crippen LogP contribution in [0.1, 0.15) is 29.0 Å². The highest BCUT2D eigenvalue weighted by molar-refractivity contribution is 7.09. The molecule has 0 aliphatic rings. The van der Waals surface area contributed by atoms with Gasteiger partial charge in [0.2, 0.25) is 0 Å². The summed E-state index contributed by atoms with van der Waals surface area (Å²) < 4.78 is 5.78. The lowest BCUT2D eigenvalue weighted by molar-refractivity contribution is 0.135. The number of ether oxygens (including phenoxy) is 1. The first-order chi connectivity index (χ1) is 12.2. The molecule has 2 unspecified atom stereocenters. The first-order valence-electron chi connectivity index (χ1n) is 8.43. The van der Waals surface area contributed by atoms with Gasteiger partial charge < -0.3 is 15.2 Å². The van der Waals surface area contributed by atoms with E-state index in [1.165, 1.54) is 4.88 Å². The molecule has 0 radical (unpaired) electrons. The molecule has 1 aromatic heterocycles. The van der Waals surface area contributed by atoms with E-state index in [1.807, 2.05) is 55.5 Å². The summed E-state index contributed by atoms with van der Waals surface area (Å²) in [4.78, 5) is 1.22. The van der Waals surface area contributed by atoms with Crippen LogP contribution in [0.2, 0.25) is 0 Å². The van der Waals surface area contributed by atoms with Crippen molar-refractivity contribution in [1.29, 1.82) is 0 Å². The molecule has 0 saturated carbocycles. The number of thiophene rings is 1. The summed E-state index contributed by atoms with van der Waals surface area (Å²) in [7, 11) is 0. The van der Waals surface area contributed by atoms with Crippen LogP contribution in [0.25, 0.3) is 0 Å². The molecule has 3 aromatic rings. The Morgan fingerprint density at radius 3 is 2.38 bits per heavy atom. The quantitative estimate of drug-likeness (QED) is 0.572. The number of benzene rings is 2. The van der Waals surface area contributed by atoms with E-state index in [4.69, 9.17) is 4.74 Å². The predicted octanol–water partition coefficient (Wildman–Crippen LogP) is 4.96. The fourth-order valence-electron chi connectivity index (χ4n) is 2.58. The Labute approximate surface area is 165 Å². The Morgan fingerprint density at radius 1 is 1.00 bits per heavy atom. The van der Waals surface area contributed by atoms with E-state index >= 15 is 0 Å². The second kappa shape index (κ2) is 10.3. The number of halogens is 1. The average Bonchev–Trinajstić information content (AvgIpc) is 3.19. The van der Waals surface area contributed by atoms with Crippen LogP contribution >= 0.6 is 23.7 Å². The summed E-state index contributed by atoms with van der Waals surface area (Å²) in [5.74, 6) is 0.870. The van der Waals surface area contributed by atoms with Crippen LogP contribution < -0.4 is 10.1 Å². The average molecular weight is 390 g/mol. The highest BCUT2D eigenvalue weighted by Gasteiger charge is 2.15. The van der Waals surface area contributed by atoms with Crippen molar-refractivity contribution in [2.24, 2.45) is 0 Å². The van der Waals surface area contributed by atoms with Crippen LogP contribution in [-0.2, 0) is 13.2 Å². The van der Waals surface area contributed by atoms with Crippen LogP contribution in [0.4, 0.5) is 0 Å². The van der Waals surface area contributed by atoms with Gasteiger partial charge in [0.25, 0.3) is 0 Å². The van der Waals surface area contributed by atoms with Gasteiger partial charge in [-0.15, -0.1) is 23.7 Å². The molecule has 0 aliphatic heterocycles. The van der Waals surface area contributed by atoms with Crippen molar-refractivity contribution in [2.45, 2.75) is 32.2 Å². The van der Waals surface area contributed by atoms with E-state index in [2.05, 4.69) is 28.9 Å². The Bertz CT molecular complexity index is 747. The summed E-state index contributed by atoms with van der Waals surface area (Å²) in [6.07, 6.45) is -0.519. The molecule has 0 fully saturated rings. The molecule has 0 bridgehead atoms. The molecule has 1 heterocycles. The molecular weight excluding hydrogens is 366 g/mol. The number of nitrogens with one attached hydrogen (secondary N) is 1. The summed E-state index contributed by atoms with van der Waals surface area (Å²) in [6, 6.07) is 21.9. The van der Waals surface area contributed by atoms with E-state index in [9.17, 15) is 5.11 Å². The number of aliphatic hydroxyl groups excluding tert-OH is 1. The Morgan fingerprint density at radius 2 is 1.73 bits per heavy atom. The molecule has 0 saturated heterocycles. The van der Waals surface area contributed by atoms with Crippen LogP contribution in [0.15, 0.2) is 72.1 Å². The molecular formula is C21H24ClNO2S. The lowest BCUT2D eigenvalue weighted by Crippen LogP contribution is -2.31. The summed E-state index contributed by atoms with van der Waals surface area (Å²) in [5, 5.41) is 15.8. The molecule has 2 N–H and O–H groups in total. The highest BCUT2D eigenvalue weighted by Crippen LogP contribution is 2.18. The van der Waals surface area contributed by atoms with Crippen molar-refractivity contribution >= 4 is 23.7 Å². The number of hydrogen-bond acceptors (Lipinski definition) is 4. The van der Waals surface area contributed by atoms with E-state index in [0.29, 0.717) is 13.2 Å². The van der Waals surface area contributed by atoms with Crippen molar-refractivity contribution in [3.63, 3.8) is 0 Å². The minimum atomic E-state index is -0.519. The van der Waals surface area contributed by atoms with Gasteiger partial charge in [0.15, 0.2) is 0 Å². The van der Waals surface area contributed by atoms with Gasteiger partial charge in [-0.3, -0.25) is 0 Å².